The van der Waals surface area contributed by atoms with E-state index >= 15 is 0 Å². The Morgan fingerprint density at radius 1 is 1.19 bits per heavy atom. The zero-order chi connectivity index (χ0) is 15.5. The van der Waals surface area contributed by atoms with Gasteiger partial charge in [0.2, 0.25) is 10.0 Å². The predicted octanol–water partition coefficient (Wildman–Crippen LogP) is 2.04. The zero-order valence-electron chi connectivity index (χ0n) is 11.0. The van der Waals surface area contributed by atoms with E-state index in [1.807, 2.05) is 6.07 Å². The van der Waals surface area contributed by atoms with Crippen molar-refractivity contribution in [3.8, 4) is 0 Å². The van der Waals surface area contributed by atoms with Gasteiger partial charge in [0.25, 0.3) is 0 Å². The van der Waals surface area contributed by atoms with E-state index in [0.717, 1.165) is 0 Å². The quantitative estimate of drug-likeness (QED) is 0.702. The molecular weight excluding hydrogens is 356 g/mol. The third-order valence-corrected chi connectivity index (χ3v) is 5.12. The smallest absolute Gasteiger partial charge is 0.241 e. The Kier molecular flexibility index (Phi) is 5.00. The Labute approximate surface area is 132 Å². The fourth-order valence-electron chi connectivity index (χ4n) is 1.83. The third-order valence-electron chi connectivity index (χ3n) is 2.96. The molecule has 0 saturated heterocycles. The molecule has 0 heterocycles. The van der Waals surface area contributed by atoms with Crippen molar-refractivity contribution in [1.29, 1.82) is 0 Å². The number of rotatable bonds is 5. The lowest BCUT2D eigenvalue weighted by Gasteiger charge is -2.17. The van der Waals surface area contributed by atoms with E-state index in [0.29, 0.717) is 15.7 Å². The molecule has 2 aromatic carbocycles. The summed E-state index contributed by atoms with van der Waals surface area (Å²) in [6.45, 7) is -0.334. The zero-order valence-corrected chi connectivity index (χ0v) is 13.4. The van der Waals surface area contributed by atoms with Gasteiger partial charge in [0, 0.05) is 10.2 Å². The van der Waals surface area contributed by atoms with Gasteiger partial charge in [-0.15, -0.1) is 0 Å². The lowest BCUT2D eigenvalue weighted by Crippen LogP contribution is -2.30. The van der Waals surface area contributed by atoms with Crippen LogP contribution in [-0.4, -0.2) is 20.1 Å². The molecule has 0 aliphatic heterocycles. The minimum Gasteiger partial charge on any atom is -0.398 e. The Bertz CT molecular complexity index is 720. The SMILES string of the molecule is Nc1ccc(S(=O)(=O)N[C@H](CO)c2ccccc2)cc1Br. The number of nitrogen functional groups attached to an aromatic ring is 1. The highest BCUT2D eigenvalue weighted by atomic mass is 79.9. The number of aliphatic hydroxyl groups excluding tert-OH is 1. The highest BCUT2D eigenvalue weighted by Crippen LogP contribution is 2.24. The molecule has 0 unspecified atom stereocenters. The monoisotopic (exact) mass is 370 g/mol. The van der Waals surface area contributed by atoms with E-state index in [1.165, 1.54) is 18.2 Å². The summed E-state index contributed by atoms with van der Waals surface area (Å²) in [4.78, 5) is 0.0814. The average molecular weight is 371 g/mol. The van der Waals surface area contributed by atoms with Crippen molar-refractivity contribution < 1.29 is 13.5 Å². The highest BCUT2D eigenvalue weighted by molar-refractivity contribution is 9.10. The summed E-state index contributed by atoms with van der Waals surface area (Å²) in [5.74, 6) is 0. The molecule has 7 heteroatoms. The van der Waals surface area contributed by atoms with Crippen LogP contribution in [-0.2, 0) is 10.0 Å². The predicted molar refractivity (Wildman–Crippen MR) is 85.1 cm³/mol. The average Bonchev–Trinajstić information content (AvgIpc) is 2.48. The van der Waals surface area contributed by atoms with Crippen molar-refractivity contribution in [3.63, 3.8) is 0 Å². The van der Waals surface area contributed by atoms with Crippen LogP contribution in [0.1, 0.15) is 11.6 Å². The summed E-state index contributed by atoms with van der Waals surface area (Å²) >= 11 is 3.20. The Balaban J connectivity index is 2.29. The second-order valence-electron chi connectivity index (χ2n) is 4.45. The van der Waals surface area contributed by atoms with Gasteiger partial charge in [0.1, 0.15) is 0 Å². The molecule has 5 nitrogen and oxygen atoms in total. The largest absolute Gasteiger partial charge is 0.398 e. The second kappa shape index (κ2) is 6.57. The number of nitrogens with two attached hydrogens (primary N) is 1. The van der Waals surface area contributed by atoms with Crippen LogP contribution in [0.15, 0.2) is 57.9 Å². The van der Waals surface area contributed by atoms with Gasteiger partial charge in [-0.1, -0.05) is 30.3 Å². The molecule has 0 radical (unpaired) electrons. The molecule has 0 bridgehead atoms. The van der Waals surface area contributed by atoms with Crippen LogP contribution in [0.3, 0.4) is 0 Å². The number of hydrogen-bond donors (Lipinski definition) is 3. The minimum absolute atomic E-state index is 0.0814. The van der Waals surface area contributed by atoms with Gasteiger partial charge in [-0.3, -0.25) is 0 Å². The van der Waals surface area contributed by atoms with E-state index in [2.05, 4.69) is 20.7 Å². The summed E-state index contributed by atoms with van der Waals surface area (Å²) in [6, 6.07) is 12.5. The van der Waals surface area contributed by atoms with Crippen LogP contribution < -0.4 is 10.5 Å². The third kappa shape index (κ3) is 3.82. The summed E-state index contributed by atoms with van der Waals surface area (Å²) in [7, 11) is -3.75. The van der Waals surface area contributed by atoms with Crippen LogP contribution in [0.2, 0.25) is 0 Å². The molecule has 1 atom stereocenters. The number of halogens is 1. The van der Waals surface area contributed by atoms with Crippen molar-refractivity contribution >= 4 is 31.6 Å². The second-order valence-corrected chi connectivity index (χ2v) is 7.02. The first kappa shape index (κ1) is 16.0. The molecule has 2 rings (SSSR count). The van der Waals surface area contributed by atoms with Crippen LogP contribution in [0.4, 0.5) is 5.69 Å². The number of hydrogen-bond acceptors (Lipinski definition) is 4. The highest BCUT2D eigenvalue weighted by Gasteiger charge is 2.21. The van der Waals surface area contributed by atoms with E-state index in [9.17, 15) is 13.5 Å². The molecule has 0 amide bonds. The maximum atomic E-state index is 12.4. The van der Waals surface area contributed by atoms with E-state index in [4.69, 9.17) is 5.73 Å². The van der Waals surface area contributed by atoms with Crippen LogP contribution in [0.25, 0.3) is 0 Å². The molecular formula is C14H15BrN2O3S. The molecule has 21 heavy (non-hydrogen) atoms. The van der Waals surface area contributed by atoms with Crippen LogP contribution >= 0.6 is 15.9 Å². The molecule has 0 fully saturated rings. The van der Waals surface area contributed by atoms with Gasteiger partial charge in [0.05, 0.1) is 17.5 Å². The van der Waals surface area contributed by atoms with Crippen molar-refractivity contribution in [2.45, 2.75) is 10.9 Å². The fraction of sp³-hybridized carbons (Fsp3) is 0.143. The number of benzene rings is 2. The van der Waals surface area contributed by atoms with Gasteiger partial charge in [0.15, 0.2) is 0 Å². The van der Waals surface area contributed by atoms with Gasteiger partial charge in [-0.25, -0.2) is 13.1 Å². The standard InChI is InChI=1S/C14H15BrN2O3S/c15-12-8-11(6-7-13(12)16)21(19,20)17-14(9-18)10-4-2-1-3-5-10/h1-8,14,17-18H,9,16H2/t14-/m1/s1. The first-order chi connectivity index (χ1) is 9.94. The van der Waals surface area contributed by atoms with Crippen molar-refractivity contribution in [2.75, 3.05) is 12.3 Å². The molecule has 0 saturated carbocycles. The molecule has 4 N–H and O–H groups in total. The summed E-state index contributed by atoms with van der Waals surface area (Å²) in [5.41, 5.74) is 6.80. The molecule has 0 spiro atoms. The van der Waals surface area contributed by atoms with Gasteiger partial charge >= 0.3 is 0 Å². The van der Waals surface area contributed by atoms with Crippen molar-refractivity contribution in [2.24, 2.45) is 0 Å². The first-order valence-corrected chi connectivity index (χ1v) is 8.45. The van der Waals surface area contributed by atoms with Gasteiger partial charge in [-0.2, -0.15) is 0 Å². The van der Waals surface area contributed by atoms with Crippen molar-refractivity contribution in [1.82, 2.24) is 4.72 Å². The topological polar surface area (TPSA) is 92.4 Å². The first-order valence-electron chi connectivity index (χ1n) is 6.17. The van der Waals surface area contributed by atoms with Crippen LogP contribution in [0, 0.1) is 0 Å². The van der Waals surface area contributed by atoms with E-state index in [-0.39, 0.29) is 11.5 Å². The van der Waals surface area contributed by atoms with Crippen molar-refractivity contribution in [3.05, 3.63) is 58.6 Å². The number of anilines is 1. The Morgan fingerprint density at radius 3 is 2.43 bits per heavy atom. The molecule has 0 aliphatic rings. The maximum absolute atomic E-state index is 12.4. The fourth-order valence-corrected chi connectivity index (χ4v) is 3.60. The van der Waals surface area contributed by atoms with Crippen LogP contribution in [0.5, 0.6) is 0 Å². The maximum Gasteiger partial charge on any atom is 0.241 e. The number of nitrogens with one attached hydrogen (secondary N) is 1. The Morgan fingerprint density at radius 2 is 1.86 bits per heavy atom. The lowest BCUT2D eigenvalue weighted by molar-refractivity contribution is 0.259. The number of aliphatic hydroxyl groups is 1. The van der Waals surface area contributed by atoms with Gasteiger partial charge < -0.3 is 10.8 Å². The normalized spacial score (nSPS) is 13.0. The molecule has 2 aromatic rings. The minimum atomic E-state index is -3.75. The molecule has 112 valence electrons. The summed E-state index contributed by atoms with van der Waals surface area (Å²) in [6.07, 6.45) is 0. The number of sulfonamides is 1. The van der Waals surface area contributed by atoms with E-state index in [1.54, 1.807) is 24.3 Å². The van der Waals surface area contributed by atoms with E-state index < -0.39 is 16.1 Å². The summed E-state index contributed by atoms with van der Waals surface area (Å²) in [5, 5.41) is 9.43. The Hall–Kier alpha value is -1.41. The summed E-state index contributed by atoms with van der Waals surface area (Å²) < 4.78 is 27.7. The molecule has 0 aromatic heterocycles. The molecule has 0 aliphatic carbocycles. The van der Waals surface area contributed by atoms with Gasteiger partial charge in [-0.05, 0) is 39.7 Å². The lowest BCUT2D eigenvalue weighted by atomic mass is 10.1.